The van der Waals surface area contributed by atoms with Crippen molar-refractivity contribution in [3.8, 4) is 11.5 Å². The first-order chi connectivity index (χ1) is 5.75. The van der Waals surface area contributed by atoms with E-state index in [0.717, 1.165) is 18.9 Å². The number of halogens is 1. The number of hydrogen-bond acceptors (Lipinski definition) is 2. The molecular weight excluding hydrogens is 159 g/mol. The van der Waals surface area contributed by atoms with E-state index in [1.54, 1.807) is 0 Å². The third kappa shape index (κ3) is 1.49. The van der Waals surface area contributed by atoms with Gasteiger partial charge in [0.1, 0.15) is 5.82 Å². The van der Waals surface area contributed by atoms with Gasteiger partial charge in [-0.05, 0) is 25.0 Å². The van der Waals surface area contributed by atoms with Crippen molar-refractivity contribution in [2.45, 2.75) is 18.9 Å². The number of ether oxygens (including phenoxy) is 1. The number of hydrogen-bond donors (Lipinski definition) is 1. The topological polar surface area (TPSA) is 29.5 Å². The van der Waals surface area contributed by atoms with Gasteiger partial charge in [0.15, 0.2) is 11.5 Å². The fraction of sp³-hybridized carbons (Fsp3) is 0.333. The van der Waals surface area contributed by atoms with Gasteiger partial charge >= 0.3 is 0 Å². The Morgan fingerprint density at radius 2 is 2.17 bits per heavy atom. The lowest BCUT2D eigenvalue weighted by Crippen LogP contribution is -1.95. The van der Waals surface area contributed by atoms with E-state index in [9.17, 15) is 9.50 Å². The van der Waals surface area contributed by atoms with Crippen molar-refractivity contribution in [3.05, 3.63) is 24.0 Å². The molecule has 1 aromatic carbocycles. The molecule has 0 aromatic heterocycles. The molecule has 0 amide bonds. The van der Waals surface area contributed by atoms with E-state index in [1.807, 2.05) is 0 Å². The second kappa shape index (κ2) is 2.66. The molecule has 1 aliphatic carbocycles. The summed E-state index contributed by atoms with van der Waals surface area (Å²) in [5.74, 6) is -0.198. The van der Waals surface area contributed by atoms with Crippen LogP contribution in [-0.4, -0.2) is 11.2 Å². The van der Waals surface area contributed by atoms with Gasteiger partial charge in [-0.3, -0.25) is 0 Å². The maximum atomic E-state index is 12.5. The molecule has 2 nitrogen and oxygen atoms in total. The molecular formula is C9H9FO2. The summed E-state index contributed by atoms with van der Waals surface area (Å²) in [6.07, 6.45) is 2.27. The van der Waals surface area contributed by atoms with Gasteiger partial charge in [-0.15, -0.1) is 0 Å². The second-order valence-electron chi connectivity index (χ2n) is 2.93. The summed E-state index contributed by atoms with van der Waals surface area (Å²) >= 11 is 0. The molecule has 0 saturated heterocycles. The van der Waals surface area contributed by atoms with E-state index >= 15 is 0 Å². The van der Waals surface area contributed by atoms with Crippen LogP contribution in [0, 0.1) is 5.82 Å². The van der Waals surface area contributed by atoms with E-state index in [1.165, 1.54) is 12.1 Å². The van der Waals surface area contributed by atoms with Crippen molar-refractivity contribution in [3.63, 3.8) is 0 Å². The molecule has 1 saturated carbocycles. The first kappa shape index (κ1) is 7.40. The average Bonchev–Trinajstić information content (AvgIpc) is 2.79. The Hall–Kier alpha value is -1.25. The van der Waals surface area contributed by atoms with Gasteiger partial charge in [0.2, 0.25) is 0 Å². The minimum atomic E-state index is -0.448. The van der Waals surface area contributed by atoms with Crippen molar-refractivity contribution in [2.24, 2.45) is 0 Å². The van der Waals surface area contributed by atoms with E-state index in [4.69, 9.17) is 4.74 Å². The number of aromatic hydroxyl groups is 1. The number of rotatable bonds is 2. The predicted molar refractivity (Wildman–Crippen MR) is 41.7 cm³/mol. The normalized spacial score (nSPS) is 16.1. The highest BCUT2D eigenvalue weighted by molar-refractivity contribution is 5.39. The van der Waals surface area contributed by atoms with Crippen LogP contribution in [0.25, 0.3) is 0 Å². The quantitative estimate of drug-likeness (QED) is 0.732. The Morgan fingerprint density at radius 1 is 1.42 bits per heavy atom. The molecule has 1 aliphatic rings. The van der Waals surface area contributed by atoms with E-state index in [-0.39, 0.29) is 11.9 Å². The summed E-state index contributed by atoms with van der Waals surface area (Å²) in [5, 5.41) is 9.20. The summed E-state index contributed by atoms with van der Waals surface area (Å²) in [7, 11) is 0. The SMILES string of the molecule is Oc1cc(F)ccc1OC1CC1. The summed E-state index contributed by atoms with van der Waals surface area (Å²) in [6.45, 7) is 0. The number of benzene rings is 1. The molecule has 0 aliphatic heterocycles. The smallest absolute Gasteiger partial charge is 0.161 e. The van der Waals surface area contributed by atoms with Crippen LogP contribution in [0.5, 0.6) is 11.5 Å². The van der Waals surface area contributed by atoms with Crippen molar-refractivity contribution in [1.29, 1.82) is 0 Å². The second-order valence-corrected chi connectivity index (χ2v) is 2.93. The van der Waals surface area contributed by atoms with E-state index in [0.29, 0.717) is 5.75 Å². The van der Waals surface area contributed by atoms with Crippen LogP contribution in [0.15, 0.2) is 18.2 Å². The van der Waals surface area contributed by atoms with Crippen LogP contribution < -0.4 is 4.74 Å². The number of phenols is 1. The molecule has 1 aromatic rings. The Labute approximate surface area is 69.6 Å². The highest BCUT2D eigenvalue weighted by Gasteiger charge is 2.24. The van der Waals surface area contributed by atoms with Crippen LogP contribution in [0.1, 0.15) is 12.8 Å². The molecule has 0 unspecified atom stereocenters. The van der Waals surface area contributed by atoms with Crippen LogP contribution in [0.4, 0.5) is 4.39 Å². The van der Waals surface area contributed by atoms with Gasteiger partial charge in [-0.2, -0.15) is 0 Å². The lowest BCUT2D eigenvalue weighted by molar-refractivity contribution is 0.285. The largest absolute Gasteiger partial charge is 0.504 e. The monoisotopic (exact) mass is 168 g/mol. The highest BCUT2D eigenvalue weighted by atomic mass is 19.1. The van der Waals surface area contributed by atoms with Crippen molar-refractivity contribution < 1.29 is 14.2 Å². The van der Waals surface area contributed by atoms with Crippen molar-refractivity contribution in [1.82, 2.24) is 0 Å². The van der Waals surface area contributed by atoms with Gasteiger partial charge in [0.25, 0.3) is 0 Å². The van der Waals surface area contributed by atoms with Crippen molar-refractivity contribution >= 4 is 0 Å². The molecule has 1 fully saturated rings. The first-order valence-corrected chi connectivity index (χ1v) is 3.91. The first-order valence-electron chi connectivity index (χ1n) is 3.91. The summed E-state index contributed by atoms with van der Waals surface area (Å²) < 4.78 is 17.8. The van der Waals surface area contributed by atoms with Crippen molar-refractivity contribution in [2.75, 3.05) is 0 Å². The van der Waals surface area contributed by atoms with E-state index in [2.05, 4.69) is 0 Å². The Kier molecular flexibility index (Phi) is 1.64. The molecule has 64 valence electrons. The Bertz CT molecular complexity index is 295. The van der Waals surface area contributed by atoms with Gasteiger partial charge in [0, 0.05) is 6.07 Å². The zero-order valence-corrected chi connectivity index (χ0v) is 6.46. The molecule has 3 heteroatoms. The molecule has 0 spiro atoms. The third-order valence-electron chi connectivity index (χ3n) is 1.74. The summed E-state index contributed by atoms with van der Waals surface area (Å²) in [5.41, 5.74) is 0. The highest BCUT2D eigenvalue weighted by Crippen LogP contribution is 2.32. The predicted octanol–water partition coefficient (Wildman–Crippen LogP) is 2.07. The standard InChI is InChI=1S/C9H9FO2/c10-6-1-4-9(8(11)5-6)12-7-2-3-7/h1,4-5,7,11H,2-3H2. The lowest BCUT2D eigenvalue weighted by Gasteiger charge is -2.05. The Morgan fingerprint density at radius 3 is 2.75 bits per heavy atom. The third-order valence-corrected chi connectivity index (χ3v) is 1.74. The minimum absolute atomic E-state index is 0.123. The van der Waals surface area contributed by atoms with Gasteiger partial charge in [0.05, 0.1) is 6.10 Å². The number of phenolic OH excluding ortho intramolecular Hbond substituents is 1. The van der Waals surface area contributed by atoms with Crippen LogP contribution in [-0.2, 0) is 0 Å². The summed E-state index contributed by atoms with van der Waals surface area (Å²) in [6, 6.07) is 3.78. The maximum absolute atomic E-state index is 12.5. The lowest BCUT2D eigenvalue weighted by atomic mass is 10.3. The average molecular weight is 168 g/mol. The zero-order chi connectivity index (χ0) is 8.55. The molecule has 0 atom stereocenters. The fourth-order valence-corrected chi connectivity index (χ4v) is 0.956. The fourth-order valence-electron chi connectivity index (χ4n) is 0.956. The zero-order valence-electron chi connectivity index (χ0n) is 6.46. The molecule has 1 N–H and O–H groups in total. The molecule has 2 rings (SSSR count). The Balaban J connectivity index is 2.18. The van der Waals surface area contributed by atoms with Crippen LogP contribution >= 0.6 is 0 Å². The van der Waals surface area contributed by atoms with E-state index < -0.39 is 5.82 Å². The molecule has 12 heavy (non-hydrogen) atoms. The molecule has 0 bridgehead atoms. The maximum Gasteiger partial charge on any atom is 0.161 e. The molecule has 0 radical (unpaired) electrons. The molecule has 0 heterocycles. The van der Waals surface area contributed by atoms with Gasteiger partial charge in [-0.25, -0.2) is 4.39 Å². The van der Waals surface area contributed by atoms with Crippen LogP contribution in [0.3, 0.4) is 0 Å². The van der Waals surface area contributed by atoms with Crippen LogP contribution in [0.2, 0.25) is 0 Å². The summed E-state index contributed by atoms with van der Waals surface area (Å²) in [4.78, 5) is 0. The van der Waals surface area contributed by atoms with Gasteiger partial charge in [-0.1, -0.05) is 0 Å². The van der Waals surface area contributed by atoms with Gasteiger partial charge < -0.3 is 9.84 Å². The minimum Gasteiger partial charge on any atom is -0.504 e.